The molecule has 1 aliphatic rings. The summed E-state index contributed by atoms with van der Waals surface area (Å²) in [5.74, 6) is 0. The Morgan fingerprint density at radius 1 is 1.38 bits per heavy atom. The van der Waals surface area contributed by atoms with Crippen molar-refractivity contribution in [3.8, 4) is 0 Å². The summed E-state index contributed by atoms with van der Waals surface area (Å²) in [6, 6.07) is 0.537. The number of rotatable bonds is 6. The van der Waals surface area contributed by atoms with Gasteiger partial charge in [0.25, 0.3) is 0 Å². The molecule has 0 saturated carbocycles. The normalized spacial score (nSPS) is 21.4. The maximum absolute atomic E-state index is 6.10. The third kappa shape index (κ3) is 4.30. The summed E-state index contributed by atoms with van der Waals surface area (Å²) in [5.41, 5.74) is 3.88. The molecule has 0 amide bonds. The molecule has 0 aliphatic carbocycles. The second-order valence-corrected chi connectivity index (χ2v) is 7.23. The van der Waals surface area contributed by atoms with Crippen molar-refractivity contribution >= 4 is 0 Å². The zero-order valence-corrected chi connectivity index (χ0v) is 14.5. The zero-order valence-electron chi connectivity index (χ0n) is 14.5. The summed E-state index contributed by atoms with van der Waals surface area (Å²) in [5, 5.41) is 8.21. The topological polar surface area (TPSA) is 39.1 Å². The average Bonchev–Trinajstić information content (AvgIpc) is 2.83. The van der Waals surface area contributed by atoms with Crippen LogP contribution in [-0.2, 0) is 17.7 Å². The van der Waals surface area contributed by atoms with E-state index in [1.165, 1.54) is 11.3 Å². The monoisotopic (exact) mass is 293 g/mol. The number of nitrogens with one attached hydrogen (secondary N) is 1. The van der Waals surface area contributed by atoms with Crippen LogP contribution >= 0.6 is 0 Å². The van der Waals surface area contributed by atoms with Crippen molar-refractivity contribution in [2.75, 3.05) is 6.54 Å². The molecule has 1 N–H and O–H groups in total. The predicted octanol–water partition coefficient (Wildman–Crippen LogP) is 3.00. The summed E-state index contributed by atoms with van der Waals surface area (Å²) < 4.78 is 8.24. The summed E-state index contributed by atoms with van der Waals surface area (Å²) >= 11 is 0. The number of aryl methyl sites for hydroxylation is 1. The van der Waals surface area contributed by atoms with E-state index in [1.807, 2.05) is 0 Å². The van der Waals surface area contributed by atoms with Gasteiger partial charge < -0.3 is 10.1 Å². The minimum absolute atomic E-state index is 0.0325. The van der Waals surface area contributed by atoms with Gasteiger partial charge in [-0.05, 0) is 59.1 Å². The molecule has 2 rings (SSSR count). The van der Waals surface area contributed by atoms with Crippen LogP contribution in [0.25, 0.3) is 0 Å². The molecule has 0 bridgehead atoms. The Hall–Kier alpha value is -0.870. The molecule has 4 nitrogen and oxygen atoms in total. The van der Waals surface area contributed by atoms with Crippen LogP contribution in [0.3, 0.4) is 0 Å². The largest absolute Gasteiger partial charge is 0.370 e. The van der Waals surface area contributed by atoms with E-state index in [2.05, 4.69) is 51.5 Å². The van der Waals surface area contributed by atoms with E-state index in [9.17, 15) is 0 Å². The molecule has 1 aromatic rings. The highest BCUT2D eigenvalue weighted by Gasteiger charge is 2.32. The zero-order chi connectivity index (χ0) is 15.6. The van der Waals surface area contributed by atoms with Gasteiger partial charge in [-0.25, -0.2) is 0 Å². The van der Waals surface area contributed by atoms with Crippen LogP contribution in [0.2, 0.25) is 0 Å². The van der Waals surface area contributed by atoms with Crippen molar-refractivity contribution in [1.29, 1.82) is 0 Å². The molecule has 1 aromatic heterocycles. The summed E-state index contributed by atoms with van der Waals surface area (Å²) in [4.78, 5) is 0. The first-order chi connectivity index (χ1) is 9.78. The second-order valence-electron chi connectivity index (χ2n) is 7.23. The molecular weight excluding hydrogens is 262 g/mol. The van der Waals surface area contributed by atoms with E-state index in [4.69, 9.17) is 9.84 Å². The molecule has 0 aromatic carbocycles. The van der Waals surface area contributed by atoms with Gasteiger partial charge in [-0.3, -0.25) is 4.68 Å². The lowest BCUT2D eigenvalue weighted by molar-refractivity contribution is -0.0232. The lowest BCUT2D eigenvalue weighted by atomic mass is 10.1. The maximum atomic E-state index is 6.10. The van der Waals surface area contributed by atoms with E-state index in [1.54, 1.807) is 0 Å². The summed E-state index contributed by atoms with van der Waals surface area (Å²) in [7, 11) is 0. The van der Waals surface area contributed by atoms with E-state index < -0.39 is 0 Å². The Kier molecular flexibility index (Phi) is 5.10. The third-order valence-electron chi connectivity index (χ3n) is 4.39. The summed E-state index contributed by atoms with van der Waals surface area (Å²) in [6.07, 6.45) is 3.63. The van der Waals surface area contributed by atoms with Crippen molar-refractivity contribution in [3.05, 3.63) is 17.0 Å². The molecule has 21 heavy (non-hydrogen) atoms. The predicted molar refractivity (Wildman–Crippen MR) is 86.7 cm³/mol. The average molecular weight is 293 g/mol. The number of hydrogen-bond donors (Lipinski definition) is 1. The van der Waals surface area contributed by atoms with Gasteiger partial charge in [-0.1, -0.05) is 13.8 Å². The van der Waals surface area contributed by atoms with Gasteiger partial charge in [0.2, 0.25) is 0 Å². The molecule has 4 heteroatoms. The van der Waals surface area contributed by atoms with Gasteiger partial charge in [0.05, 0.1) is 23.9 Å². The van der Waals surface area contributed by atoms with Gasteiger partial charge in [0.15, 0.2) is 0 Å². The molecule has 1 fully saturated rings. The Morgan fingerprint density at radius 3 is 2.67 bits per heavy atom. The fourth-order valence-electron chi connectivity index (χ4n) is 3.16. The van der Waals surface area contributed by atoms with Crippen molar-refractivity contribution in [2.24, 2.45) is 0 Å². The molecule has 1 aliphatic heterocycles. The minimum atomic E-state index is 0.0325. The first kappa shape index (κ1) is 16.5. The van der Waals surface area contributed by atoms with Gasteiger partial charge in [-0.15, -0.1) is 0 Å². The smallest absolute Gasteiger partial charge is 0.0779 e. The number of hydrogen-bond acceptors (Lipinski definition) is 3. The first-order valence-electron chi connectivity index (χ1n) is 8.22. The molecule has 2 heterocycles. The van der Waals surface area contributed by atoms with Crippen molar-refractivity contribution in [2.45, 2.75) is 85.1 Å². The van der Waals surface area contributed by atoms with Gasteiger partial charge in [0, 0.05) is 11.7 Å². The van der Waals surface area contributed by atoms with Crippen LogP contribution in [-0.4, -0.2) is 34.1 Å². The number of aromatic nitrogens is 2. The van der Waals surface area contributed by atoms with Gasteiger partial charge >= 0.3 is 0 Å². The SMILES string of the molecule is Cc1nn(CC2CCC(C)(C)O2)c(C)c1CCNC(C)C. The van der Waals surface area contributed by atoms with Gasteiger partial charge in [0.1, 0.15) is 0 Å². The van der Waals surface area contributed by atoms with Gasteiger partial charge in [-0.2, -0.15) is 5.10 Å². The molecule has 0 spiro atoms. The fraction of sp³-hybridized carbons (Fsp3) is 0.824. The minimum Gasteiger partial charge on any atom is -0.370 e. The molecule has 1 saturated heterocycles. The Balaban J connectivity index is 1.98. The number of ether oxygens (including phenoxy) is 1. The Labute approximate surface area is 129 Å². The van der Waals surface area contributed by atoms with Crippen LogP contribution in [0.1, 0.15) is 57.5 Å². The van der Waals surface area contributed by atoms with E-state index in [0.29, 0.717) is 12.1 Å². The van der Waals surface area contributed by atoms with Crippen LogP contribution in [0.4, 0.5) is 0 Å². The highest BCUT2D eigenvalue weighted by molar-refractivity contribution is 5.25. The van der Waals surface area contributed by atoms with E-state index in [0.717, 1.165) is 38.0 Å². The lowest BCUT2D eigenvalue weighted by Gasteiger charge is -2.19. The molecule has 120 valence electrons. The Morgan fingerprint density at radius 2 is 2.10 bits per heavy atom. The van der Waals surface area contributed by atoms with E-state index >= 15 is 0 Å². The molecule has 1 atom stereocenters. The van der Waals surface area contributed by atoms with Crippen LogP contribution < -0.4 is 5.32 Å². The molecular formula is C17H31N3O. The van der Waals surface area contributed by atoms with Crippen molar-refractivity contribution in [3.63, 3.8) is 0 Å². The maximum Gasteiger partial charge on any atom is 0.0779 e. The highest BCUT2D eigenvalue weighted by atomic mass is 16.5. The fourth-order valence-corrected chi connectivity index (χ4v) is 3.16. The van der Waals surface area contributed by atoms with Crippen LogP contribution in [0.15, 0.2) is 0 Å². The van der Waals surface area contributed by atoms with Crippen molar-refractivity contribution in [1.82, 2.24) is 15.1 Å². The quantitative estimate of drug-likeness (QED) is 0.876. The first-order valence-corrected chi connectivity index (χ1v) is 8.22. The molecule has 1 unspecified atom stereocenters. The lowest BCUT2D eigenvalue weighted by Crippen LogP contribution is -2.25. The number of nitrogens with zero attached hydrogens (tertiary/aromatic N) is 2. The van der Waals surface area contributed by atoms with Crippen LogP contribution in [0, 0.1) is 13.8 Å². The second kappa shape index (κ2) is 6.49. The standard InChI is InChI=1S/C17H31N3O/c1-12(2)18-10-8-16-13(3)19-20(14(16)4)11-15-7-9-17(5,6)21-15/h12,15,18H,7-11H2,1-6H3. The van der Waals surface area contributed by atoms with Crippen LogP contribution in [0.5, 0.6) is 0 Å². The van der Waals surface area contributed by atoms with Crippen molar-refractivity contribution < 1.29 is 4.74 Å². The molecule has 0 radical (unpaired) electrons. The third-order valence-corrected chi connectivity index (χ3v) is 4.39. The van der Waals surface area contributed by atoms with E-state index in [-0.39, 0.29) is 5.60 Å². The summed E-state index contributed by atoms with van der Waals surface area (Å²) in [6.45, 7) is 14.9. The Bertz CT molecular complexity index is 477. The highest BCUT2D eigenvalue weighted by Crippen LogP contribution is 2.30.